The molecule has 1 aliphatic heterocycles. The second-order valence-corrected chi connectivity index (χ2v) is 6.88. The predicted molar refractivity (Wildman–Crippen MR) is 84.8 cm³/mol. The Hall–Kier alpha value is -0.860. The summed E-state index contributed by atoms with van der Waals surface area (Å²) in [7, 11) is 0. The van der Waals surface area contributed by atoms with Gasteiger partial charge in [0.15, 0.2) is 0 Å². The average Bonchev–Trinajstić information content (AvgIpc) is 3.02. The summed E-state index contributed by atoms with van der Waals surface area (Å²) in [4.78, 5) is 2.72. The molecule has 1 aromatic carbocycles. The van der Waals surface area contributed by atoms with Crippen molar-refractivity contribution in [3.05, 3.63) is 35.9 Å². The Balaban J connectivity index is 1.72. The summed E-state index contributed by atoms with van der Waals surface area (Å²) < 4.78 is 0. The van der Waals surface area contributed by atoms with Gasteiger partial charge in [-0.15, -0.1) is 0 Å². The zero-order valence-corrected chi connectivity index (χ0v) is 12.9. The molecule has 2 aliphatic rings. The first-order valence-electron chi connectivity index (χ1n) is 8.24. The molecule has 2 nitrogen and oxygen atoms in total. The quantitative estimate of drug-likeness (QED) is 0.907. The molecule has 1 N–H and O–H groups in total. The van der Waals surface area contributed by atoms with Gasteiger partial charge in [0.1, 0.15) is 0 Å². The van der Waals surface area contributed by atoms with Gasteiger partial charge in [-0.1, -0.05) is 43.2 Å². The molecule has 2 unspecified atom stereocenters. The van der Waals surface area contributed by atoms with Crippen molar-refractivity contribution in [1.29, 1.82) is 0 Å². The zero-order chi connectivity index (χ0) is 14.0. The number of hydrogen-bond donors (Lipinski definition) is 1. The van der Waals surface area contributed by atoms with Crippen molar-refractivity contribution in [2.24, 2.45) is 5.92 Å². The normalized spacial score (nSPS) is 30.5. The van der Waals surface area contributed by atoms with Crippen LogP contribution in [0.1, 0.15) is 45.1 Å². The van der Waals surface area contributed by atoms with Crippen LogP contribution < -0.4 is 5.32 Å². The molecular formula is C18H28N2. The van der Waals surface area contributed by atoms with Crippen LogP contribution in [0.4, 0.5) is 0 Å². The molecule has 2 atom stereocenters. The highest BCUT2D eigenvalue weighted by molar-refractivity contribution is 5.25. The summed E-state index contributed by atoms with van der Waals surface area (Å²) in [6.45, 7) is 8.24. The predicted octanol–water partition coefficient (Wildman–Crippen LogP) is 3.39. The average molecular weight is 272 g/mol. The lowest BCUT2D eigenvalue weighted by Gasteiger charge is -2.45. The van der Waals surface area contributed by atoms with Crippen LogP contribution in [-0.4, -0.2) is 30.6 Å². The number of nitrogens with zero attached hydrogens (tertiary/aromatic N) is 1. The maximum absolute atomic E-state index is 3.75. The maximum Gasteiger partial charge on any atom is 0.0535 e. The summed E-state index contributed by atoms with van der Waals surface area (Å²) >= 11 is 0. The largest absolute Gasteiger partial charge is 0.305 e. The molecule has 1 aliphatic carbocycles. The molecule has 1 saturated heterocycles. The third-order valence-electron chi connectivity index (χ3n) is 5.50. The van der Waals surface area contributed by atoms with Gasteiger partial charge in [-0.25, -0.2) is 0 Å². The van der Waals surface area contributed by atoms with E-state index in [0.29, 0.717) is 0 Å². The van der Waals surface area contributed by atoms with Crippen LogP contribution >= 0.6 is 0 Å². The van der Waals surface area contributed by atoms with Crippen molar-refractivity contribution in [2.75, 3.05) is 19.6 Å². The van der Waals surface area contributed by atoms with E-state index in [1.54, 1.807) is 0 Å². The Bertz CT molecular complexity index is 424. The topological polar surface area (TPSA) is 15.3 Å². The molecule has 20 heavy (non-hydrogen) atoms. The number of hydrogen-bond acceptors (Lipinski definition) is 2. The first kappa shape index (κ1) is 14.1. The highest BCUT2D eigenvalue weighted by Crippen LogP contribution is 2.33. The Morgan fingerprint density at radius 1 is 1.20 bits per heavy atom. The Labute approximate surface area is 123 Å². The lowest BCUT2D eigenvalue weighted by Crippen LogP contribution is -2.59. The molecule has 1 aromatic rings. The molecule has 0 bridgehead atoms. The lowest BCUT2D eigenvalue weighted by atomic mass is 9.87. The minimum Gasteiger partial charge on any atom is -0.305 e. The van der Waals surface area contributed by atoms with Crippen LogP contribution in [0.25, 0.3) is 0 Å². The zero-order valence-electron chi connectivity index (χ0n) is 12.9. The smallest absolute Gasteiger partial charge is 0.0535 e. The van der Waals surface area contributed by atoms with Gasteiger partial charge in [-0.3, -0.25) is 4.90 Å². The lowest BCUT2D eigenvalue weighted by molar-refractivity contribution is 0.0788. The van der Waals surface area contributed by atoms with Crippen molar-refractivity contribution in [1.82, 2.24) is 10.2 Å². The summed E-state index contributed by atoms with van der Waals surface area (Å²) in [6.07, 6.45) is 5.76. The molecule has 2 fully saturated rings. The second-order valence-electron chi connectivity index (χ2n) is 6.88. The minimum atomic E-state index is 0.104. The summed E-state index contributed by atoms with van der Waals surface area (Å²) in [5.41, 5.74) is 1.52. The highest BCUT2D eigenvalue weighted by Gasteiger charge is 2.36. The number of nitrogens with one attached hydrogen (secondary N) is 1. The van der Waals surface area contributed by atoms with E-state index < -0.39 is 0 Å². The van der Waals surface area contributed by atoms with Gasteiger partial charge in [-0.2, -0.15) is 0 Å². The highest BCUT2D eigenvalue weighted by atomic mass is 15.2. The Morgan fingerprint density at radius 3 is 2.60 bits per heavy atom. The van der Waals surface area contributed by atoms with Crippen molar-refractivity contribution in [2.45, 2.75) is 51.1 Å². The van der Waals surface area contributed by atoms with E-state index in [0.717, 1.165) is 25.0 Å². The third-order valence-corrected chi connectivity index (χ3v) is 5.50. The summed E-state index contributed by atoms with van der Waals surface area (Å²) in [5.74, 6) is 0.924. The van der Waals surface area contributed by atoms with Crippen molar-refractivity contribution >= 4 is 0 Å². The van der Waals surface area contributed by atoms with Crippen molar-refractivity contribution < 1.29 is 0 Å². The standard InChI is InChI=1S/C18H28N2/c1-15(16-8-6-7-9-16)20-13-12-19-18(2,14-20)17-10-4-3-5-11-17/h3-5,10-11,15-16,19H,6-9,12-14H2,1-2H3. The Morgan fingerprint density at radius 2 is 1.90 bits per heavy atom. The SMILES string of the molecule is CC(C1CCCC1)N1CCNC(C)(c2ccccc2)C1. The van der Waals surface area contributed by atoms with Gasteiger partial charge < -0.3 is 5.32 Å². The summed E-state index contributed by atoms with van der Waals surface area (Å²) in [5, 5.41) is 3.75. The molecule has 0 radical (unpaired) electrons. The number of benzene rings is 1. The fraction of sp³-hybridized carbons (Fsp3) is 0.667. The third kappa shape index (κ3) is 2.77. The van der Waals surface area contributed by atoms with Crippen LogP contribution in [0.2, 0.25) is 0 Å². The molecule has 3 rings (SSSR count). The van der Waals surface area contributed by atoms with E-state index in [1.165, 1.54) is 37.8 Å². The summed E-state index contributed by atoms with van der Waals surface area (Å²) in [6, 6.07) is 11.7. The van der Waals surface area contributed by atoms with E-state index in [1.807, 2.05) is 0 Å². The molecule has 1 heterocycles. The van der Waals surface area contributed by atoms with Crippen LogP contribution in [0.5, 0.6) is 0 Å². The van der Waals surface area contributed by atoms with Gasteiger partial charge in [0.2, 0.25) is 0 Å². The molecule has 0 spiro atoms. The monoisotopic (exact) mass is 272 g/mol. The fourth-order valence-corrected chi connectivity index (χ4v) is 4.10. The molecule has 110 valence electrons. The first-order chi connectivity index (χ1) is 9.69. The molecular weight excluding hydrogens is 244 g/mol. The van der Waals surface area contributed by atoms with Gasteiger partial charge in [-0.05, 0) is 38.2 Å². The fourth-order valence-electron chi connectivity index (χ4n) is 4.10. The van der Waals surface area contributed by atoms with Crippen molar-refractivity contribution in [3.8, 4) is 0 Å². The van der Waals surface area contributed by atoms with Crippen molar-refractivity contribution in [3.63, 3.8) is 0 Å². The van der Waals surface area contributed by atoms with E-state index in [9.17, 15) is 0 Å². The molecule has 0 amide bonds. The molecule has 1 saturated carbocycles. The number of piperazine rings is 1. The molecule has 0 aromatic heterocycles. The van der Waals surface area contributed by atoms with Crippen LogP contribution in [0, 0.1) is 5.92 Å². The number of rotatable bonds is 3. The minimum absolute atomic E-state index is 0.104. The van der Waals surface area contributed by atoms with Gasteiger partial charge in [0.05, 0.1) is 5.54 Å². The Kier molecular flexibility index (Phi) is 4.13. The van der Waals surface area contributed by atoms with Crippen LogP contribution in [-0.2, 0) is 5.54 Å². The van der Waals surface area contributed by atoms with E-state index in [2.05, 4.69) is 54.4 Å². The van der Waals surface area contributed by atoms with Gasteiger partial charge in [0, 0.05) is 25.7 Å². The van der Waals surface area contributed by atoms with Gasteiger partial charge in [0.25, 0.3) is 0 Å². The van der Waals surface area contributed by atoms with Gasteiger partial charge >= 0.3 is 0 Å². The second kappa shape index (κ2) is 5.87. The van der Waals surface area contributed by atoms with Crippen LogP contribution in [0.15, 0.2) is 30.3 Å². The van der Waals surface area contributed by atoms with Crippen LogP contribution in [0.3, 0.4) is 0 Å². The first-order valence-corrected chi connectivity index (χ1v) is 8.24. The maximum atomic E-state index is 3.75. The van der Waals surface area contributed by atoms with E-state index in [-0.39, 0.29) is 5.54 Å². The molecule has 2 heteroatoms. The van der Waals surface area contributed by atoms with E-state index in [4.69, 9.17) is 0 Å². The van der Waals surface area contributed by atoms with E-state index >= 15 is 0 Å².